The molecule has 2 nitrogen and oxygen atoms in total. The highest BCUT2D eigenvalue weighted by atomic mass is 32.1. The summed E-state index contributed by atoms with van der Waals surface area (Å²) in [5.74, 6) is 0. The van der Waals surface area contributed by atoms with Crippen molar-refractivity contribution in [3.8, 4) is 0 Å². The Morgan fingerprint density at radius 2 is 2.14 bits per heavy atom. The van der Waals surface area contributed by atoms with Gasteiger partial charge in [-0.15, -0.1) is 0 Å². The summed E-state index contributed by atoms with van der Waals surface area (Å²) in [7, 11) is 1.71. The molecule has 14 heavy (non-hydrogen) atoms. The molecule has 0 spiro atoms. The molecule has 1 fully saturated rings. The van der Waals surface area contributed by atoms with E-state index in [0.29, 0.717) is 18.0 Å². The minimum Gasteiger partial charge on any atom is -0.393 e. The minimum atomic E-state index is -2.26. The Morgan fingerprint density at radius 1 is 1.57 bits per heavy atom. The molecule has 0 radical (unpaired) electrons. The Kier molecular flexibility index (Phi) is 3.78. The maximum Gasteiger partial charge on any atom is 0.251 e. The number of hydrogen-bond donors (Lipinski definition) is 1. The van der Waals surface area contributed by atoms with Gasteiger partial charge >= 0.3 is 0 Å². The molecule has 0 unspecified atom stereocenters. The van der Waals surface area contributed by atoms with Crippen molar-refractivity contribution in [3.05, 3.63) is 0 Å². The predicted octanol–water partition coefficient (Wildman–Crippen LogP) is 1.64. The van der Waals surface area contributed by atoms with Gasteiger partial charge in [0.05, 0.1) is 11.5 Å². The second-order valence-corrected chi connectivity index (χ2v) is 4.76. The van der Waals surface area contributed by atoms with Gasteiger partial charge < -0.3 is 10.6 Å². The Labute approximate surface area is 88.4 Å². The van der Waals surface area contributed by atoms with Crippen LogP contribution in [-0.4, -0.2) is 36.5 Å². The van der Waals surface area contributed by atoms with Crippen LogP contribution >= 0.6 is 12.2 Å². The standard InChI is InChI=1S/C9H16F2N2S/c1-13(5-7(10)11)6-9(2-3-9)4-8(12)14/h7H,2-6H2,1H3,(H2,12,14). The van der Waals surface area contributed by atoms with E-state index >= 15 is 0 Å². The fourth-order valence-corrected chi connectivity index (χ4v) is 2.12. The van der Waals surface area contributed by atoms with E-state index in [-0.39, 0.29) is 12.0 Å². The van der Waals surface area contributed by atoms with Crippen molar-refractivity contribution in [2.75, 3.05) is 20.1 Å². The van der Waals surface area contributed by atoms with Gasteiger partial charge in [0.25, 0.3) is 6.43 Å². The summed E-state index contributed by atoms with van der Waals surface area (Å²) in [6, 6.07) is 0. The van der Waals surface area contributed by atoms with Gasteiger partial charge in [-0.05, 0) is 25.3 Å². The molecule has 0 aromatic carbocycles. The van der Waals surface area contributed by atoms with Crippen LogP contribution in [0.1, 0.15) is 19.3 Å². The minimum absolute atomic E-state index is 0.107. The first-order valence-corrected chi connectivity index (χ1v) is 5.09. The van der Waals surface area contributed by atoms with Crippen molar-refractivity contribution in [2.45, 2.75) is 25.7 Å². The Hall–Kier alpha value is -0.290. The van der Waals surface area contributed by atoms with Crippen LogP contribution < -0.4 is 5.73 Å². The summed E-state index contributed by atoms with van der Waals surface area (Å²) in [6.07, 6.45) is 0.534. The van der Waals surface area contributed by atoms with Gasteiger partial charge in [0.15, 0.2) is 0 Å². The highest BCUT2D eigenvalue weighted by Gasteiger charge is 2.43. The van der Waals surface area contributed by atoms with E-state index in [9.17, 15) is 8.78 Å². The highest BCUT2D eigenvalue weighted by molar-refractivity contribution is 7.80. The zero-order valence-corrected chi connectivity index (χ0v) is 9.12. The van der Waals surface area contributed by atoms with Gasteiger partial charge in [-0.1, -0.05) is 12.2 Å². The van der Waals surface area contributed by atoms with Gasteiger partial charge in [0.1, 0.15) is 0 Å². The van der Waals surface area contributed by atoms with E-state index in [1.54, 1.807) is 11.9 Å². The first kappa shape index (κ1) is 11.8. The third-order valence-corrected chi connectivity index (χ3v) is 2.71. The van der Waals surface area contributed by atoms with E-state index in [4.69, 9.17) is 18.0 Å². The maximum atomic E-state index is 12.1. The quantitative estimate of drug-likeness (QED) is 0.693. The number of hydrogen-bond acceptors (Lipinski definition) is 2. The first-order chi connectivity index (χ1) is 6.43. The number of alkyl halides is 2. The first-order valence-electron chi connectivity index (χ1n) is 4.68. The monoisotopic (exact) mass is 222 g/mol. The highest BCUT2D eigenvalue weighted by Crippen LogP contribution is 2.49. The van der Waals surface area contributed by atoms with Crippen molar-refractivity contribution in [1.82, 2.24) is 4.90 Å². The van der Waals surface area contributed by atoms with E-state index in [1.165, 1.54) is 0 Å². The number of rotatable bonds is 6. The number of nitrogens with two attached hydrogens (primary N) is 1. The molecular formula is C9H16F2N2S. The molecule has 1 rings (SSSR count). The van der Waals surface area contributed by atoms with Crippen molar-refractivity contribution in [2.24, 2.45) is 11.1 Å². The van der Waals surface area contributed by atoms with Crippen molar-refractivity contribution < 1.29 is 8.78 Å². The Bertz CT molecular complexity index is 217. The lowest BCUT2D eigenvalue weighted by Crippen LogP contribution is -2.32. The van der Waals surface area contributed by atoms with Crippen LogP contribution in [0.5, 0.6) is 0 Å². The molecule has 1 aliphatic rings. The molecule has 82 valence electrons. The Morgan fingerprint density at radius 3 is 2.50 bits per heavy atom. The number of nitrogens with zero attached hydrogens (tertiary/aromatic N) is 1. The molecule has 0 atom stereocenters. The fourth-order valence-electron chi connectivity index (χ4n) is 1.81. The molecule has 1 saturated carbocycles. The predicted molar refractivity (Wildman–Crippen MR) is 56.6 cm³/mol. The lowest BCUT2D eigenvalue weighted by Gasteiger charge is -2.22. The van der Waals surface area contributed by atoms with Crippen molar-refractivity contribution in [3.63, 3.8) is 0 Å². The van der Waals surface area contributed by atoms with Crippen LogP contribution in [0.4, 0.5) is 8.78 Å². The lowest BCUT2D eigenvalue weighted by molar-refractivity contribution is 0.0915. The van der Waals surface area contributed by atoms with Crippen molar-refractivity contribution >= 4 is 17.2 Å². The van der Waals surface area contributed by atoms with Gasteiger partial charge in [0, 0.05) is 13.0 Å². The average Bonchev–Trinajstić information content (AvgIpc) is 2.63. The zero-order valence-electron chi connectivity index (χ0n) is 8.30. The molecule has 0 aliphatic heterocycles. The average molecular weight is 222 g/mol. The van der Waals surface area contributed by atoms with Gasteiger partial charge in [0.2, 0.25) is 0 Å². The van der Waals surface area contributed by atoms with E-state index < -0.39 is 6.43 Å². The molecule has 0 amide bonds. The van der Waals surface area contributed by atoms with Crippen LogP contribution in [0.3, 0.4) is 0 Å². The van der Waals surface area contributed by atoms with E-state index in [1.807, 2.05) is 0 Å². The SMILES string of the molecule is CN(CC(F)F)CC1(CC(N)=S)CC1. The topological polar surface area (TPSA) is 29.3 Å². The largest absolute Gasteiger partial charge is 0.393 e. The second kappa shape index (κ2) is 4.49. The summed E-state index contributed by atoms with van der Waals surface area (Å²) in [4.78, 5) is 2.16. The summed E-state index contributed by atoms with van der Waals surface area (Å²) >= 11 is 4.84. The third-order valence-electron chi connectivity index (χ3n) is 2.56. The summed E-state index contributed by atoms with van der Waals surface area (Å²) in [6.45, 7) is 0.508. The molecule has 5 heteroatoms. The third kappa shape index (κ3) is 3.84. The zero-order chi connectivity index (χ0) is 10.8. The van der Waals surface area contributed by atoms with Gasteiger partial charge in [-0.3, -0.25) is 0 Å². The van der Waals surface area contributed by atoms with Crippen LogP contribution in [0, 0.1) is 5.41 Å². The maximum absolute atomic E-state index is 12.1. The summed E-state index contributed by atoms with van der Waals surface area (Å²) < 4.78 is 24.1. The number of halogens is 2. The molecule has 0 heterocycles. The summed E-state index contributed by atoms with van der Waals surface area (Å²) in [5, 5.41) is 0. The van der Waals surface area contributed by atoms with Gasteiger partial charge in [-0.2, -0.15) is 0 Å². The fraction of sp³-hybridized carbons (Fsp3) is 0.889. The molecule has 2 N–H and O–H groups in total. The van der Waals surface area contributed by atoms with Crippen LogP contribution in [-0.2, 0) is 0 Å². The molecular weight excluding hydrogens is 206 g/mol. The van der Waals surface area contributed by atoms with Gasteiger partial charge in [-0.25, -0.2) is 8.78 Å². The van der Waals surface area contributed by atoms with E-state index in [0.717, 1.165) is 12.8 Å². The molecule has 0 saturated heterocycles. The van der Waals surface area contributed by atoms with Crippen LogP contribution in [0.15, 0.2) is 0 Å². The molecule has 0 bridgehead atoms. The lowest BCUT2D eigenvalue weighted by atomic mass is 10.0. The van der Waals surface area contributed by atoms with Crippen molar-refractivity contribution in [1.29, 1.82) is 0 Å². The second-order valence-electron chi connectivity index (χ2n) is 4.23. The molecule has 0 aromatic heterocycles. The Balaban J connectivity index is 2.32. The normalized spacial score (nSPS) is 18.9. The molecule has 0 aromatic rings. The number of thiocarbonyl (C=S) groups is 1. The molecule has 1 aliphatic carbocycles. The van der Waals surface area contributed by atoms with E-state index in [2.05, 4.69) is 0 Å². The summed E-state index contributed by atoms with van der Waals surface area (Å²) in [5.41, 5.74) is 5.57. The van der Waals surface area contributed by atoms with Crippen LogP contribution in [0.25, 0.3) is 0 Å². The van der Waals surface area contributed by atoms with Crippen LogP contribution in [0.2, 0.25) is 0 Å². The smallest absolute Gasteiger partial charge is 0.251 e.